The van der Waals surface area contributed by atoms with Gasteiger partial charge in [-0.2, -0.15) is 13.2 Å². The van der Waals surface area contributed by atoms with Crippen molar-refractivity contribution in [1.29, 1.82) is 0 Å². The van der Waals surface area contributed by atoms with E-state index < -0.39 is 24.1 Å². The molecule has 100 valence electrons. The van der Waals surface area contributed by atoms with E-state index in [1.54, 1.807) is 31.2 Å². The van der Waals surface area contributed by atoms with E-state index in [-0.39, 0.29) is 0 Å². The summed E-state index contributed by atoms with van der Waals surface area (Å²) in [6.45, 7) is 2.37. The molecule has 0 unspecified atom stereocenters. The third-order valence-corrected chi connectivity index (χ3v) is 2.42. The third kappa shape index (κ3) is 3.73. The van der Waals surface area contributed by atoms with Crippen LogP contribution >= 0.6 is 0 Å². The highest BCUT2D eigenvalue weighted by Crippen LogP contribution is 2.32. The van der Waals surface area contributed by atoms with E-state index in [0.717, 1.165) is 5.56 Å². The van der Waals surface area contributed by atoms with E-state index in [1.165, 1.54) is 0 Å². The number of hydrogen-bond donors (Lipinski definition) is 2. The Kier molecular flexibility index (Phi) is 4.01. The molecule has 0 aliphatic rings. The lowest BCUT2D eigenvalue weighted by Crippen LogP contribution is -2.44. The van der Waals surface area contributed by atoms with E-state index in [0.29, 0.717) is 12.6 Å². The van der Waals surface area contributed by atoms with Crippen molar-refractivity contribution in [2.75, 3.05) is 5.32 Å². The van der Waals surface area contributed by atoms with Crippen LogP contribution in [0.15, 0.2) is 24.3 Å². The summed E-state index contributed by atoms with van der Waals surface area (Å²) in [5.74, 6) is -0.886. The average molecular weight is 261 g/mol. The highest BCUT2D eigenvalue weighted by atomic mass is 19.4. The van der Waals surface area contributed by atoms with Gasteiger partial charge in [0.2, 0.25) is 5.91 Å². The average Bonchev–Trinajstić information content (AvgIpc) is 2.14. The Labute approximate surface area is 103 Å². The van der Waals surface area contributed by atoms with Crippen molar-refractivity contribution < 1.29 is 23.1 Å². The second-order valence-electron chi connectivity index (χ2n) is 4.37. The van der Waals surface area contributed by atoms with E-state index in [9.17, 15) is 18.0 Å². The lowest BCUT2D eigenvalue weighted by atomic mass is 10.0. The number of nitrogens with one attached hydrogen (secondary N) is 1. The van der Waals surface area contributed by atoms with Gasteiger partial charge >= 0.3 is 6.18 Å². The molecule has 1 atom stereocenters. The number of aliphatic hydroxyl groups is 1. The molecule has 2 N–H and O–H groups in total. The summed E-state index contributed by atoms with van der Waals surface area (Å²) >= 11 is 0. The van der Waals surface area contributed by atoms with Crippen LogP contribution in [0.1, 0.15) is 18.9 Å². The Hall–Kier alpha value is -1.56. The van der Waals surface area contributed by atoms with Crippen LogP contribution in [-0.4, -0.2) is 22.8 Å². The van der Waals surface area contributed by atoms with Crippen LogP contribution in [0.5, 0.6) is 0 Å². The van der Waals surface area contributed by atoms with Crippen LogP contribution in [0, 0.1) is 6.92 Å². The molecule has 1 amide bonds. The van der Waals surface area contributed by atoms with E-state index in [1.807, 2.05) is 0 Å². The lowest BCUT2D eigenvalue weighted by Gasteiger charge is -2.25. The molecule has 18 heavy (non-hydrogen) atoms. The van der Waals surface area contributed by atoms with Gasteiger partial charge in [-0.25, -0.2) is 0 Å². The smallest absolute Gasteiger partial charge is 0.380 e. The van der Waals surface area contributed by atoms with Crippen molar-refractivity contribution in [3.8, 4) is 0 Å². The fraction of sp³-hybridized carbons (Fsp3) is 0.417. The van der Waals surface area contributed by atoms with Crippen molar-refractivity contribution in [2.24, 2.45) is 0 Å². The molecule has 0 bridgehead atoms. The van der Waals surface area contributed by atoms with Crippen molar-refractivity contribution in [1.82, 2.24) is 0 Å². The summed E-state index contributed by atoms with van der Waals surface area (Å²) in [7, 11) is 0. The normalized spacial score (nSPS) is 15.0. The Morgan fingerprint density at radius 3 is 2.50 bits per heavy atom. The van der Waals surface area contributed by atoms with Gasteiger partial charge < -0.3 is 10.4 Å². The quantitative estimate of drug-likeness (QED) is 0.878. The number of aryl methyl sites for hydroxylation is 1. The first-order valence-electron chi connectivity index (χ1n) is 5.27. The number of amides is 1. The Morgan fingerprint density at radius 1 is 1.39 bits per heavy atom. The van der Waals surface area contributed by atoms with Gasteiger partial charge in [-0.15, -0.1) is 0 Å². The van der Waals surface area contributed by atoms with Gasteiger partial charge in [-0.05, 0) is 31.5 Å². The summed E-state index contributed by atoms with van der Waals surface area (Å²) in [6.07, 6.45) is -5.87. The first-order chi connectivity index (χ1) is 8.12. The number of alkyl halides is 3. The van der Waals surface area contributed by atoms with E-state index in [2.05, 4.69) is 5.32 Å². The monoisotopic (exact) mass is 261 g/mol. The summed E-state index contributed by atoms with van der Waals surface area (Å²) in [5, 5.41) is 11.5. The van der Waals surface area contributed by atoms with Crippen molar-refractivity contribution in [2.45, 2.75) is 32.0 Å². The molecule has 0 saturated carbocycles. The molecule has 0 radical (unpaired) electrons. The second-order valence-corrected chi connectivity index (χ2v) is 4.37. The van der Waals surface area contributed by atoms with Gasteiger partial charge in [0.15, 0.2) is 5.60 Å². The maximum Gasteiger partial charge on any atom is 0.417 e. The fourth-order valence-electron chi connectivity index (χ4n) is 1.34. The SMILES string of the molecule is Cc1cccc(NC(=O)C[C@@](C)(O)C(F)(F)F)c1. The zero-order chi connectivity index (χ0) is 14.0. The number of anilines is 1. The maximum absolute atomic E-state index is 12.4. The van der Waals surface area contributed by atoms with Crippen LogP contribution in [0.2, 0.25) is 0 Å². The minimum atomic E-state index is -4.84. The minimum Gasteiger partial charge on any atom is -0.380 e. The van der Waals surface area contributed by atoms with Crippen molar-refractivity contribution in [3.63, 3.8) is 0 Å². The maximum atomic E-state index is 12.4. The second kappa shape index (κ2) is 4.97. The standard InChI is InChI=1S/C12H14F3NO2/c1-8-4-3-5-9(6-8)16-10(17)7-11(2,18)12(13,14)15/h3-6,18H,7H2,1-2H3,(H,16,17)/t11-/m1/s1. The predicted octanol–water partition coefficient (Wildman–Crippen LogP) is 2.64. The van der Waals surface area contributed by atoms with Crippen molar-refractivity contribution in [3.05, 3.63) is 29.8 Å². The van der Waals surface area contributed by atoms with Crippen LogP contribution in [0.25, 0.3) is 0 Å². The third-order valence-electron chi connectivity index (χ3n) is 2.42. The zero-order valence-corrected chi connectivity index (χ0v) is 10.0. The molecule has 1 rings (SSSR count). The zero-order valence-electron chi connectivity index (χ0n) is 10.0. The Morgan fingerprint density at radius 2 is 2.00 bits per heavy atom. The number of rotatable bonds is 3. The topological polar surface area (TPSA) is 49.3 Å². The van der Waals surface area contributed by atoms with Crippen LogP contribution in [0.4, 0.5) is 18.9 Å². The highest BCUT2D eigenvalue weighted by Gasteiger charge is 2.50. The summed E-state index contributed by atoms with van der Waals surface area (Å²) in [6, 6.07) is 6.65. The van der Waals surface area contributed by atoms with Crippen LogP contribution < -0.4 is 5.32 Å². The van der Waals surface area contributed by atoms with Gasteiger partial charge in [-0.3, -0.25) is 4.79 Å². The molecule has 0 aliphatic heterocycles. The largest absolute Gasteiger partial charge is 0.417 e. The lowest BCUT2D eigenvalue weighted by molar-refractivity contribution is -0.252. The number of carbonyl (C=O) groups excluding carboxylic acids is 1. The predicted molar refractivity (Wildman–Crippen MR) is 61.1 cm³/mol. The molecular weight excluding hydrogens is 247 g/mol. The molecule has 0 saturated heterocycles. The summed E-state index contributed by atoms with van der Waals surface area (Å²) < 4.78 is 37.1. The Balaban J connectivity index is 2.68. The Bertz CT molecular complexity index is 441. The number of hydrogen-bond acceptors (Lipinski definition) is 2. The number of halogens is 3. The first kappa shape index (κ1) is 14.5. The van der Waals surface area contributed by atoms with Gasteiger partial charge in [0.25, 0.3) is 0 Å². The molecule has 0 aliphatic carbocycles. The molecule has 3 nitrogen and oxygen atoms in total. The molecule has 6 heteroatoms. The molecular formula is C12H14F3NO2. The molecule has 0 spiro atoms. The highest BCUT2D eigenvalue weighted by molar-refractivity contribution is 5.91. The van der Waals surface area contributed by atoms with E-state index >= 15 is 0 Å². The van der Waals surface area contributed by atoms with Gasteiger partial charge in [0, 0.05) is 5.69 Å². The van der Waals surface area contributed by atoms with Gasteiger partial charge in [0.05, 0.1) is 6.42 Å². The minimum absolute atomic E-state index is 0.401. The van der Waals surface area contributed by atoms with Crippen LogP contribution in [-0.2, 0) is 4.79 Å². The van der Waals surface area contributed by atoms with Crippen LogP contribution in [0.3, 0.4) is 0 Å². The number of carbonyl (C=O) groups is 1. The van der Waals surface area contributed by atoms with Gasteiger partial charge in [0.1, 0.15) is 0 Å². The molecule has 1 aromatic rings. The molecule has 1 aromatic carbocycles. The van der Waals surface area contributed by atoms with Gasteiger partial charge in [-0.1, -0.05) is 12.1 Å². The fourth-order valence-corrected chi connectivity index (χ4v) is 1.34. The summed E-state index contributed by atoms with van der Waals surface area (Å²) in [4.78, 5) is 11.4. The molecule has 0 fully saturated rings. The van der Waals surface area contributed by atoms with E-state index in [4.69, 9.17) is 5.11 Å². The van der Waals surface area contributed by atoms with Crippen molar-refractivity contribution >= 4 is 11.6 Å². The summed E-state index contributed by atoms with van der Waals surface area (Å²) in [5.41, 5.74) is -1.76. The molecule has 0 aromatic heterocycles. The number of benzene rings is 1. The molecule has 0 heterocycles. The first-order valence-corrected chi connectivity index (χ1v) is 5.27.